The smallest absolute Gasteiger partial charge is 0.0672 e. The first-order valence-electron chi connectivity index (χ1n) is 3.06. The van der Waals surface area contributed by atoms with Gasteiger partial charge in [-0.2, -0.15) is 0 Å². The van der Waals surface area contributed by atoms with Gasteiger partial charge in [-0.25, -0.2) is 0 Å². The summed E-state index contributed by atoms with van der Waals surface area (Å²) in [4.78, 5) is 0. The van der Waals surface area contributed by atoms with Crippen molar-refractivity contribution in [3.8, 4) is 0 Å². The van der Waals surface area contributed by atoms with Crippen molar-refractivity contribution in [2.45, 2.75) is 19.9 Å². The normalized spacial score (nSPS) is 8.89. The van der Waals surface area contributed by atoms with Gasteiger partial charge in [-0.05, 0) is 13.8 Å². The van der Waals surface area contributed by atoms with Crippen LogP contribution in [0, 0.1) is 0 Å². The molecule has 0 aliphatic rings. The Morgan fingerprint density at radius 3 is 2.44 bits per heavy atom. The molecule has 0 fully saturated rings. The van der Waals surface area contributed by atoms with E-state index in [0.29, 0.717) is 12.6 Å². The van der Waals surface area contributed by atoms with Crippen molar-refractivity contribution < 1.29 is 0 Å². The van der Waals surface area contributed by atoms with Crippen LogP contribution in [-0.2, 0) is 0 Å². The van der Waals surface area contributed by atoms with E-state index in [4.69, 9.17) is 5.73 Å². The standard InChI is InChI=1S/C7H14N2/c1-4-7(5-8)9-6(2)3/h6,9H,1,5,8H2,2-3H3. The Hall–Kier alpha value is -0.720. The molecular weight excluding hydrogens is 112 g/mol. The monoisotopic (exact) mass is 126 g/mol. The molecule has 0 spiro atoms. The summed E-state index contributed by atoms with van der Waals surface area (Å²) in [5, 5.41) is 3.10. The van der Waals surface area contributed by atoms with Gasteiger partial charge in [0, 0.05) is 12.6 Å². The second-order valence-corrected chi connectivity index (χ2v) is 2.16. The fourth-order valence-corrected chi connectivity index (χ4v) is 0.531. The van der Waals surface area contributed by atoms with Crippen LogP contribution >= 0.6 is 0 Å². The maximum atomic E-state index is 5.33. The van der Waals surface area contributed by atoms with Gasteiger partial charge in [-0.15, -0.1) is 5.73 Å². The largest absolute Gasteiger partial charge is 0.379 e. The van der Waals surface area contributed by atoms with Crippen LogP contribution in [-0.4, -0.2) is 12.6 Å². The molecule has 2 nitrogen and oxygen atoms in total. The van der Waals surface area contributed by atoms with Crippen LogP contribution < -0.4 is 11.1 Å². The van der Waals surface area contributed by atoms with Gasteiger partial charge in [0.15, 0.2) is 0 Å². The summed E-state index contributed by atoms with van der Waals surface area (Å²) in [5.41, 5.74) is 8.92. The summed E-state index contributed by atoms with van der Waals surface area (Å²) < 4.78 is 0. The number of hydrogen-bond acceptors (Lipinski definition) is 2. The van der Waals surface area contributed by atoms with Gasteiger partial charge < -0.3 is 11.1 Å². The molecule has 3 N–H and O–H groups in total. The lowest BCUT2D eigenvalue weighted by molar-refractivity contribution is 0.659. The first-order chi connectivity index (χ1) is 4.20. The molecule has 0 radical (unpaired) electrons. The van der Waals surface area contributed by atoms with E-state index in [-0.39, 0.29) is 0 Å². The van der Waals surface area contributed by atoms with Gasteiger partial charge in [-0.1, -0.05) is 6.58 Å². The maximum Gasteiger partial charge on any atom is 0.0672 e. The van der Waals surface area contributed by atoms with E-state index >= 15 is 0 Å². The lowest BCUT2D eigenvalue weighted by Crippen LogP contribution is -2.25. The molecule has 2 heteroatoms. The molecule has 0 heterocycles. The number of nitrogens with two attached hydrogens (primary N) is 1. The number of nitrogens with one attached hydrogen (secondary N) is 1. The van der Waals surface area contributed by atoms with Crippen molar-refractivity contribution in [1.29, 1.82) is 0 Å². The minimum absolute atomic E-state index is 0.415. The van der Waals surface area contributed by atoms with Crippen molar-refractivity contribution in [1.82, 2.24) is 5.32 Å². The highest BCUT2D eigenvalue weighted by molar-refractivity contribution is 4.98. The molecule has 0 aromatic heterocycles. The van der Waals surface area contributed by atoms with E-state index in [1.165, 1.54) is 0 Å². The third kappa shape index (κ3) is 3.83. The Labute approximate surface area is 56.4 Å². The van der Waals surface area contributed by atoms with Gasteiger partial charge in [0.1, 0.15) is 0 Å². The molecule has 0 rings (SSSR count). The molecule has 0 aliphatic heterocycles. The summed E-state index contributed by atoms with van der Waals surface area (Å²) in [5.74, 6) is 0. The van der Waals surface area contributed by atoms with Crippen LogP contribution in [0.15, 0.2) is 18.0 Å². The molecule has 9 heavy (non-hydrogen) atoms. The van der Waals surface area contributed by atoms with Crippen LogP contribution in [0.25, 0.3) is 0 Å². The Morgan fingerprint density at radius 1 is 1.78 bits per heavy atom. The summed E-state index contributed by atoms with van der Waals surface area (Å²) in [7, 11) is 0. The second kappa shape index (κ2) is 4.19. The minimum Gasteiger partial charge on any atom is -0.379 e. The van der Waals surface area contributed by atoms with Gasteiger partial charge in [0.2, 0.25) is 0 Å². The first-order valence-corrected chi connectivity index (χ1v) is 3.06. The van der Waals surface area contributed by atoms with E-state index in [1.807, 2.05) is 13.8 Å². The fourth-order valence-electron chi connectivity index (χ4n) is 0.531. The quantitative estimate of drug-likeness (QED) is 0.544. The minimum atomic E-state index is 0.415. The van der Waals surface area contributed by atoms with Crippen molar-refractivity contribution >= 4 is 0 Å². The number of rotatable bonds is 3. The Balaban J connectivity index is 3.72. The maximum absolute atomic E-state index is 5.33. The molecule has 0 atom stereocenters. The van der Waals surface area contributed by atoms with Crippen LogP contribution in [0.4, 0.5) is 0 Å². The van der Waals surface area contributed by atoms with E-state index in [0.717, 1.165) is 5.70 Å². The van der Waals surface area contributed by atoms with Gasteiger partial charge in [-0.3, -0.25) is 0 Å². The summed E-state index contributed by atoms with van der Waals surface area (Å²) in [6, 6.07) is 0.415. The molecule has 0 amide bonds. The summed E-state index contributed by atoms with van der Waals surface area (Å²) in [6.07, 6.45) is 0. The van der Waals surface area contributed by atoms with Gasteiger partial charge in [0.25, 0.3) is 0 Å². The molecule has 0 saturated heterocycles. The molecule has 0 saturated carbocycles. The lowest BCUT2D eigenvalue weighted by atomic mass is 10.3. The van der Waals surface area contributed by atoms with Crippen LogP contribution in [0.2, 0.25) is 0 Å². The molecule has 0 unspecified atom stereocenters. The van der Waals surface area contributed by atoms with Crippen molar-refractivity contribution in [2.24, 2.45) is 5.73 Å². The Morgan fingerprint density at radius 2 is 2.33 bits per heavy atom. The average Bonchev–Trinajstić information content (AvgIpc) is 1.82. The van der Waals surface area contributed by atoms with Crippen LogP contribution in [0.3, 0.4) is 0 Å². The zero-order chi connectivity index (χ0) is 7.28. The third-order valence-corrected chi connectivity index (χ3v) is 0.880. The third-order valence-electron chi connectivity index (χ3n) is 0.880. The van der Waals surface area contributed by atoms with Crippen LogP contribution in [0.1, 0.15) is 13.8 Å². The molecular formula is C7H14N2. The van der Waals surface area contributed by atoms with Crippen molar-refractivity contribution in [3.05, 3.63) is 18.0 Å². The van der Waals surface area contributed by atoms with Gasteiger partial charge in [0.05, 0.1) is 5.70 Å². The fraction of sp³-hybridized carbons (Fsp3) is 0.571. The van der Waals surface area contributed by atoms with Gasteiger partial charge >= 0.3 is 0 Å². The van der Waals surface area contributed by atoms with E-state index in [9.17, 15) is 0 Å². The lowest BCUT2D eigenvalue weighted by Gasteiger charge is -2.08. The molecule has 52 valence electrons. The highest BCUT2D eigenvalue weighted by Crippen LogP contribution is 1.84. The van der Waals surface area contributed by atoms with E-state index < -0.39 is 0 Å². The molecule has 0 aromatic rings. The predicted octanol–water partition coefficient (Wildman–Crippen LogP) is 0.612. The first kappa shape index (κ1) is 8.28. The summed E-state index contributed by atoms with van der Waals surface area (Å²) >= 11 is 0. The van der Waals surface area contributed by atoms with E-state index in [1.54, 1.807) is 0 Å². The highest BCUT2D eigenvalue weighted by atomic mass is 14.9. The number of hydrogen-bond donors (Lipinski definition) is 2. The zero-order valence-electron chi connectivity index (χ0n) is 6.07. The van der Waals surface area contributed by atoms with Crippen molar-refractivity contribution in [2.75, 3.05) is 6.54 Å². The Kier molecular flexibility index (Phi) is 3.85. The second-order valence-electron chi connectivity index (χ2n) is 2.16. The highest BCUT2D eigenvalue weighted by Gasteiger charge is 1.92. The van der Waals surface area contributed by atoms with E-state index in [2.05, 4.69) is 17.6 Å². The predicted molar refractivity (Wildman–Crippen MR) is 40.0 cm³/mol. The van der Waals surface area contributed by atoms with Crippen molar-refractivity contribution in [3.63, 3.8) is 0 Å². The molecule has 0 bridgehead atoms. The molecule has 0 aromatic carbocycles. The Bertz CT molecular complexity index is 121. The topological polar surface area (TPSA) is 38.0 Å². The zero-order valence-corrected chi connectivity index (χ0v) is 6.07. The average molecular weight is 126 g/mol. The van der Waals surface area contributed by atoms with Crippen LogP contribution in [0.5, 0.6) is 0 Å². The molecule has 0 aliphatic carbocycles. The SMILES string of the molecule is C=C=C(CN)NC(C)C. The summed E-state index contributed by atoms with van der Waals surface area (Å²) in [6.45, 7) is 8.07.